The zero-order valence-electron chi connectivity index (χ0n) is 10.3. The van der Waals surface area contributed by atoms with Crippen LogP contribution >= 0.6 is 27.5 Å². The third kappa shape index (κ3) is 3.05. The van der Waals surface area contributed by atoms with Gasteiger partial charge >= 0.3 is 0 Å². The van der Waals surface area contributed by atoms with Gasteiger partial charge in [-0.2, -0.15) is 0 Å². The summed E-state index contributed by atoms with van der Waals surface area (Å²) in [6, 6.07) is 5.39. The molecule has 18 heavy (non-hydrogen) atoms. The molecule has 98 valence electrons. The Morgan fingerprint density at radius 1 is 1.33 bits per heavy atom. The third-order valence-electron chi connectivity index (χ3n) is 3.27. The lowest BCUT2D eigenvalue weighted by Gasteiger charge is -2.34. The molecule has 1 aromatic rings. The van der Waals surface area contributed by atoms with Gasteiger partial charge in [-0.05, 0) is 24.7 Å². The lowest BCUT2D eigenvalue weighted by atomic mass is 10.2. The number of piperazine rings is 1. The van der Waals surface area contributed by atoms with Crippen LogP contribution < -0.4 is 0 Å². The van der Waals surface area contributed by atoms with Gasteiger partial charge in [-0.25, -0.2) is 0 Å². The van der Waals surface area contributed by atoms with E-state index < -0.39 is 0 Å². The van der Waals surface area contributed by atoms with Crippen molar-refractivity contribution in [1.29, 1.82) is 0 Å². The van der Waals surface area contributed by atoms with Gasteiger partial charge in [-0.3, -0.25) is 4.79 Å². The summed E-state index contributed by atoms with van der Waals surface area (Å²) in [6.07, 6.45) is 0. The molecule has 1 aliphatic heterocycles. The monoisotopic (exact) mass is 330 g/mol. The second kappa shape index (κ2) is 6.04. The molecule has 2 rings (SSSR count). The third-order valence-corrected chi connectivity index (χ3v) is 4.07. The largest absolute Gasteiger partial charge is 0.336 e. The van der Waals surface area contributed by atoms with Crippen LogP contribution in [0.2, 0.25) is 5.02 Å². The topological polar surface area (TPSA) is 23.6 Å². The lowest BCUT2D eigenvalue weighted by Crippen LogP contribution is -2.48. The summed E-state index contributed by atoms with van der Waals surface area (Å²) < 4.78 is 0.889. The van der Waals surface area contributed by atoms with Crippen molar-refractivity contribution in [1.82, 2.24) is 9.80 Å². The first-order chi connectivity index (χ1) is 8.61. The number of carbonyl (C=O) groups is 1. The predicted molar refractivity (Wildman–Crippen MR) is 77.2 cm³/mol. The van der Waals surface area contributed by atoms with Crippen molar-refractivity contribution in [3.05, 3.63) is 33.3 Å². The Balaban J connectivity index is 2.08. The average Bonchev–Trinajstić information content (AvgIpc) is 2.38. The molecule has 3 nitrogen and oxygen atoms in total. The highest BCUT2D eigenvalue weighted by atomic mass is 79.9. The van der Waals surface area contributed by atoms with Gasteiger partial charge in [0.1, 0.15) is 0 Å². The van der Waals surface area contributed by atoms with Gasteiger partial charge in [0.05, 0.1) is 10.6 Å². The van der Waals surface area contributed by atoms with Crippen molar-refractivity contribution in [2.45, 2.75) is 6.92 Å². The Bertz CT molecular complexity index is 445. The highest BCUT2D eigenvalue weighted by Crippen LogP contribution is 2.23. The molecule has 0 aromatic heterocycles. The van der Waals surface area contributed by atoms with Crippen LogP contribution in [0.5, 0.6) is 0 Å². The number of nitrogens with zero attached hydrogens (tertiary/aromatic N) is 2. The number of likely N-dealkylation sites (N-methyl/N-ethyl adjacent to an activating group) is 1. The highest BCUT2D eigenvalue weighted by Gasteiger charge is 2.22. The van der Waals surface area contributed by atoms with E-state index >= 15 is 0 Å². The number of carbonyl (C=O) groups excluding carboxylic acids is 1. The minimum Gasteiger partial charge on any atom is -0.336 e. The summed E-state index contributed by atoms with van der Waals surface area (Å²) in [5.74, 6) is 0.0308. The van der Waals surface area contributed by atoms with Crippen molar-refractivity contribution in [2.24, 2.45) is 0 Å². The maximum atomic E-state index is 12.3. The fraction of sp³-hybridized carbons (Fsp3) is 0.462. The first-order valence-corrected chi connectivity index (χ1v) is 7.25. The van der Waals surface area contributed by atoms with Crippen LogP contribution in [0.25, 0.3) is 0 Å². The molecule has 0 radical (unpaired) electrons. The molecule has 0 saturated carbocycles. The Kier molecular flexibility index (Phi) is 4.65. The molecule has 0 aliphatic carbocycles. The quantitative estimate of drug-likeness (QED) is 0.832. The Labute approximate surface area is 121 Å². The van der Waals surface area contributed by atoms with Gasteiger partial charge in [0.25, 0.3) is 5.91 Å². The molecule has 0 unspecified atom stereocenters. The Morgan fingerprint density at radius 3 is 2.56 bits per heavy atom. The van der Waals surface area contributed by atoms with Gasteiger partial charge in [-0.15, -0.1) is 0 Å². The Hall–Kier alpha value is -0.580. The number of rotatable bonds is 2. The van der Waals surface area contributed by atoms with Crippen molar-refractivity contribution < 1.29 is 4.79 Å². The molecule has 1 saturated heterocycles. The number of hydrogen-bond donors (Lipinski definition) is 0. The van der Waals surface area contributed by atoms with E-state index in [0.717, 1.165) is 37.2 Å². The predicted octanol–water partition coefficient (Wildman–Crippen LogP) is 2.88. The zero-order chi connectivity index (χ0) is 13.1. The molecule has 1 aliphatic rings. The fourth-order valence-electron chi connectivity index (χ4n) is 2.10. The second-order valence-corrected chi connectivity index (χ2v) is 5.67. The SMILES string of the molecule is CCN1CCN(C(=O)c2ccc(Br)cc2Cl)CC1. The molecule has 0 atom stereocenters. The summed E-state index contributed by atoms with van der Waals surface area (Å²) >= 11 is 9.45. The first kappa shape index (κ1) is 13.8. The smallest absolute Gasteiger partial charge is 0.255 e. The van der Waals surface area contributed by atoms with Crippen LogP contribution in [0, 0.1) is 0 Å². The minimum absolute atomic E-state index is 0.0308. The summed E-state index contributed by atoms with van der Waals surface area (Å²) in [7, 11) is 0. The molecular weight excluding hydrogens is 316 g/mol. The molecule has 1 amide bonds. The number of benzene rings is 1. The Morgan fingerprint density at radius 2 is 2.00 bits per heavy atom. The van der Waals surface area contributed by atoms with Crippen LogP contribution in [0.4, 0.5) is 0 Å². The van der Waals surface area contributed by atoms with Crippen molar-refractivity contribution in [2.75, 3.05) is 32.7 Å². The molecule has 5 heteroatoms. The summed E-state index contributed by atoms with van der Waals surface area (Å²) in [6.45, 7) is 6.62. The van der Waals surface area contributed by atoms with Crippen LogP contribution in [-0.4, -0.2) is 48.4 Å². The van der Waals surface area contributed by atoms with E-state index in [2.05, 4.69) is 27.8 Å². The fourth-order valence-corrected chi connectivity index (χ4v) is 2.85. The summed E-state index contributed by atoms with van der Waals surface area (Å²) in [5.41, 5.74) is 0.588. The van der Waals surface area contributed by atoms with E-state index in [1.165, 1.54) is 0 Å². The van der Waals surface area contributed by atoms with E-state index in [-0.39, 0.29) is 5.91 Å². The van der Waals surface area contributed by atoms with E-state index in [1.807, 2.05) is 11.0 Å². The van der Waals surface area contributed by atoms with E-state index in [9.17, 15) is 4.79 Å². The zero-order valence-corrected chi connectivity index (χ0v) is 12.7. The van der Waals surface area contributed by atoms with Crippen LogP contribution in [0.15, 0.2) is 22.7 Å². The summed E-state index contributed by atoms with van der Waals surface area (Å²) in [5, 5.41) is 0.507. The van der Waals surface area contributed by atoms with Crippen molar-refractivity contribution in [3.8, 4) is 0 Å². The van der Waals surface area contributed by atoms with Crippen LogP contribution in [0.3, 0.4) is 0 Å². The van der Waals surface area contributed by atoms with E-state index in [4.69, 9.17) is 11.6 Å². The van der Waals surface area contributed by atoms with E-state index in [0.29, 0.717) is 10.6 Å². The normalized spacial score (nSPS) is 16.9. The lowest BCUT2D eigenvalue weighted by molar-refractivity contribution is 0.0643. The minimum atomic E-state index is 0.0308. The summed E-state index contributed by atoms with van der Waals surface area (Å²) in [4.78, 5) is 16.6. The molecule has 1 fully saturated rings. The average molecular weight is 332 g/mol. The number of amides is 1. The van der Waals surface area contributed by atoms with Gasteiger partial charge in [0, 0.05) is 30.7 Å². The van der Waals surface area contributed by atoms with Crippen LogP contribution in [-0.2, 0) is 0 Å². The molecule has 0 spiro atoms. The van der Waals surface area contributed by atoms with Crippen molar-refractivity contribution in [3.63, 3.8) is 0 Å². The van der Waals surface area contributed by atoms with E-state index in [1.54, 1.807) is 12.1 Å². The molecular formula is C13H16BrClN2O. The van der Waals surface area contributed by atoms with Gasteiger partial charge in [0.15, 0.2) is 0 Å². The maximum absolute atomic E-state index is 12.3. The standard InChI is InChI=1S/C13H16BrClN2O/c1-2-16-5-7-17(8-6-16)13(18)11-4-3-10(14)9-12(11)15/h3-4,9H,2,5-8H2,1H3. The maximum Gasteiger partial charge on any atom is 0.255 e. The van der Waals surface area contributed by atoms with Crippen LogP contribution in [0.1, 0.15) is 17.3 Å². The second-order valence-electron chi connectivity index (χ2n) is 4.35. The highest BCUT2D eigenvalue weighted by molar-refractivity contribution is 9.10. The molecule has 1 heterocycles. The van der Waals surface area contributed by atoms with Gasteiger partial charge in [0.2, 0.25) is 0 Å². The van der Waals surface area contributed by atoms with Gasteiger partial charge in [-0.1, -0.05) is 34.5 Å². The number of hydrogen-bond acceptors (Lipinski definition) is 2. The first-order valence-electron chi connectivity index (χ1n) is 6.08. The molecule has 1 aromatic carbocycles. The number of halogens is 2. The molecule has 0 bridgehead atoms. The van der Waals surface area contributed by atoms with Crippen molar-refractivity contribution >= 4 is 33.4 Å². The van der Waals surface area contributed by atoms with Gasteiger partial charge < -0.3 is 9.80 Å². The molecule has 0 N–H and O–H groups in total.